The van der Waals surface area contributed by atoms with Crippen LogP contribution >= 0.6 is 23.2 Å². The molecular weight excluding hydrogens is 423 g/mol. The van der Waals surface area contributed by atoms with Crippen LogP contribution in [0.4, 0.5) is 0 Å². The first-order chi connectivity index (χ1) is 13.2. The Hall–Kier alpha value is -0.860. The molecule has 1 atom stereocenters. The molecule has 0 N–H and O–H groups in total. The van der Waals surface area contributed by atoms with E-state index in [1.165, 1.54) is 16.4 Å². The fraction of sp³-hybridized carbons (Fsp3) is 0.632. The summed E-state index contributed by atoms with van der Waals surface area (Å²) >= 11 is 12.5. The number of ether oxygens (including phenoxy) is 1. The minimum absolute atomic E-state index is 0.0108. The van der Waals surface area contributed by atoms with Gasteiger partial charge in [-0.2, -0.15) is 4.31 Å². The lowest BCUT2D eigenvalue weighted by atomic mass is 10.1. The van der Waals surface area contributed by atoms with Gasteiger partial charge in [-0.15, -0.1) is 0 Å². The van der Waals surface area contributed by atoms with Gasteiger partial charge in [0.05, 0.1) is 28.8 Å². The number of halogens is 2. The predicted molar refractivity (Wildman–Crippen MR) is 112 cm³/mol. The maximum atomic E-state index is 13.2. The Balaban J connectivity index is 2.45. The van der Waals surface area contributed by atoms with Crippen LogP contribution in [0.1, 0.15) is 50.4 Å². The number of carbonyl (C=O) groups excluding carboxylic acids is 1. The van der Waals surface area contributed by atoms with Gasteiger partial charge < -0.3 is 9.64 Å². The number of rotatable bonds is 8. The molecule has 9 heteroatoms. The zero-order valence-corrected chi connectivity index (χ0v) is 18.9. The van der Waals surface area contributed by atoms with Crippen molar-refractivity contribution >= 4 is 39.1 Å². The van der Waals surface area contributed by atoms with E-state index in [4.69, 9.17) is 27.9 Å². The molecule has 1 aliphatic heterocycles. The van der Waals surface area contributed by atoms with Crippen molar-refractivity contribution in [2.75, 3.05) is 32.8 Å². The van der Waals surface area contributed by atoms with Crippen LogP contribution in [-0.4, -0.2) is 62.4 Å². The van der Waals surface area contributed by atoms with Crippen LogP contribution < -0.4 is 0 Å². The second-order valence-corrected chi connectivity index (χ2v) is 9.61. The first-order valence-electron chi connectivity index (χ1n) is 9.61. The number of benzene rings is 1. The van der Waals surface area contributed by atoms with Crippen molar-refractivity contribution in [3.05, 3.63) is 27.7 Å². The summed E-state index contributed by atoms with van der Waals surface area (Å²) in [7, 11) is -3.84. The molecule has 1 fully saturated rings. The first kappa shape index (κ1) is 23.4. The number of sulfonamides is 1. The molecule has 0 saturated carbocycles. The van der Waals surface area contributed by atoms with Crippen molar-refractivity contribution in [2.24, 2.45) is 0 Å². The van der Waals surface area contributed by atoms with Gasteiger partial charge in [0.15, 0.2) is 0 Å². The molecule has 1 aromatic rings. The fourth-order valence-corrected chi connectivity index (χ4v) is 5.28. The molecule has 6 nitrogen and oxygen atoms in total. The van der Waals surface area contributed by atoms with Crippen LogP contribution in [0.2, 0.25) is 10.0 Å². The van der Waals surface area contributed by atoms with Gasteiger partial charge in [0.25, 0.3) is 5.91 Å². The van der Waals surface area contributed by atoms with Gasteiger partial charge >= 0.3 is 0 Å². The monoisotopic (exact) mass is 450 g/mol. The highest BCUT2D eigenvalue weighted by atomic mass is 35.5. The summed E-state index contributed by atoms with van der Waals surface area (Å²) in [6.07, 6.45) is 2.60. The van der Waals surface area contributed by atoms with Crippen molar-refractivity contribution in [1.82, 2.24) is 9.21 Å². The van der Waals surface area contributed by atoms with E-state index >= 15 is 0 Å². The third-order valence-electron chi connectivity index (χ3n) is 4.98. The second-order valence-electron chi connectivity index (χ2n) is 6.89. The average Bonchev–Trinajstić information content (AvgIpc) is 2.68. The Bertz CT molecular complexity index is 795. The Morgan fingerprint density at radius 2 is 1.86 bits per heavy atom. The molecule has 0 spiro atoms. The summed E-state index contributed by atoms with van der Waals surface area (Å²) < 4.78 is 32.6. The van der Waals surface area contributed by atoms with Gasteiger partial charge in [-0.1, -0.05) is 43.5 Å². The molecule has 158 valence electrons. The minimum Gasteiger partial charge on any atom is -0.379 e. The fourth-order valence-electron chi connectivity index (χ4n) is 3.04. The Morgan fingerprint density at radius 1 is 1.21 bits per heavy atom. The molecule has 1 aromatic carbocycles. The zero-order valence-electron chi connectivity index (χ0n) is 16.6. The maximum Gasteiger partial charge on any atom is 0.255 e. The Morgan fingerprint density at radius 3 is 2.43 bits per heavy atom. The van der Waals surface area contributed by atoms with E-state index in [2.05, 4.69) is 6.92 Å². The SMILES string of the molecule is CCCCN(C(=O)c1cc(S(=O)(=O)N2CCOCC2)c(Cl)cc1Cl)C(C)CC. The van der Waals surface area contributed by atoms with Crippen LogP contribution in [0.25, 0.3) is 0 Å². The van der Waals surface area contributed by atoms with Gasteiger partial charge in [-0.25, -0.2) is 8.42 Å². The molecule has 0 bridgehead atoms. The summed E-state index contributed by atoms with van der Waals surface area (Å²) in [5.74, 6) is -0.275. The van der Waals surface area contributed by atoms with Crippen molar-refractivity contribution < 1.29 is 17.9 Å². The average molecular weight is 451 g/mol. The third-order valence-corrected chi connectivity index (χ3v) is 7.65. The summed E-state index contributed by atoms with van der Waals surface area (Å²) in [4.78, 5) is 14.9. The molecule has 0 aliphatic carbocycles. The van der Waals surface area contributed by atoms with Gasteiger partial charge in [-0.05, 0) is 31.9 Å². The largest absolute Gasteiger partial charge is 0.379 e. The second kappa shape index (κ2) is 10.3. The van der Waals surface area contributed by atoms with Gasteiger partial charge in [0, 0.05) is 25.7 Å². The highest BCUT2D eigenvalue weighted by molar-refractivity contribution is 7.89. The predicted octanol–water partition coefficient (Wildman–Crippen LogP) is 4.06. The van der Waals surface area contributed by atoms with Crippen molar-refractivity contribution in [3.8, 4) is 0 Å². The van der Waals surface area contributed by atoms with E-state index < -0.39 is 10.0 Å². The molecule has 1 saturated heterocycles. The summed E-state index contributed by atoms with van der Waals surface area (Å²) in [5.41, 5.74) is 0.161. The van der Waals surface area contributed by atoms with E-state index in [0.717, 1.165) is 19.3 Å². The number of amides is 1. The lowest BCUT2D eigenvalue weighted by Gasteiger charge is -2.30. The van der Waals surface area contributed by atoms with E-state index in [1.807, 2.05) is 13.8 Å². The van der Waals surface area contributed by atoms with E-state index in [1.54, 1.807) is 4.90 Å². The molecule has 2 rings (SSSR count). The first-order valence-corrected chi connectivity index (χ1v) is 11.8. The topological polar surface area (TPSA) is 66.9 Å². The highest BCUT2D eigenvalue weighted by Gasteiger charge is 2.31. The number of hydrogen-bond donors (Lipinski definition) is 0. The van der Waals surface area contributed by atoms with Crippen molar-refractivity contribution in [1.29, 1.82) is 0 Å². The molecule has 0 aromatic heterocycles. The van der Waals surface area contributed by atoms with Gasteiger partial charge in [0.2, 0.25) is 10.0 Å². The van der Waals surface area contributed by atoms with Crippen molar-refractivity contribution in [2.45, 2.75) is 51.0 Å². The molecule has 0 radical (unpaired) electrons. The quantitative estimate of drug-likeness (QED) is 0.598. The van der Waals surface area contributed by atoms with Gasteiger partial charge in [0.1, 0.15) is 4.90 Å². The maximum absolute atomic E-state index is 13.2. The minimum atomic E-state index is -3.84. The Kier molecular flexibility index (Phi) is 8.58. The molecule has 1 heterocycles. The standard InChI is InChI=1S/C19H28Cl2N2O4S/c1-4-6-7-23(14(3)5-2)19(24)15-12-18(17(21)13-16(15)20)28(25,26)22-8-10-27-11-9-22/h12-14H,4-11H2,1-3H3. The van der Waals surface area contributed by atoms with Crippen LogP contribution in [0.3, 0.4) is 0 Å². The van der Waals surface area contributed by atoms with Crippen LogP contribution in [-0.2, 0) is 14.8 Å². The normalized spacial score (nSPS) is 16.8. The molecule has 1 unspecified atom stereocenters. The van der Waals surface area contributed by atoms with E-state index in [0.29, 0.717) is 19.8 Å². The third kappa shape index (κ3) is 5.19. The van der Waals surface area contributed by atoms with E-state index in [9.17, 15) is 13.2 Å². The zero-order chi connectivity index (χ0) is 20.9. The molecule has 28 heavy (non-hydrogen) atoms. The van der Waals surface area contributed by atoms with Crippen LogP contribution in [0, 0.1) is 0 Å². The summed E-state index contributed by atoms with van der Waals surface area (Å²) in [6.45, 7) is 7.79. The lowest BCUT2D eigenvalue weighted by molar-refractivity contribution is 0.0684. The number of hydrogen-bond acceptors (Lipinski definition) is 4. The number of morpholine rings is 1. The highest BCUT2D eigenvalue weighted by Crippen LogP contribution is 2.32. The molecule has 1 aliphatic rings. The smallest absolute Gasteiger partial charge is 0.255 e. The van der Waals surface area contributed by atoms with E-state index in [-0.39, 0.29) is 45.5 Å². The number of nitrogens with zero attached hydrogens (tertiary/aromatic N) is 2. The van der Waals surface area contributed by atoms with Gasteiger partial charge in [-0.3, -0.25) is 4.79 Å². The van der Waals surface area contributed by atoms with Crippen molar-refractivity contribution in [3.63, 3.8) is 0 Å². The Labute approximate surface area is 177 Å². The molecule has 1 amide bonds. The number of carbonyl (C=O) groups is 1. The summed E-state index contributed by atoms with van der Waals surface area (Å²) in [6, 6.07) is 2.68. The van der Waals surface area contributed by atoms with Crippen LogP contribution in [0.15, 0.2) is 17.0 Å². The lowest BCUT2D eigenvalue weighted by Crippen LogP contribution is -2.41. The van der Waals surface area contributed by atoms with Crippen LogP contribution in [0.5, 0.6) is 0 Å². The summed E-state index contributed by atoms with van der Waals surface area (Å²) in [5, 5.41) is 0.164. The molecular formula is C19H28Cl2N2O4S. The number of unbranched alkanes of at least 4 members (excludes halogenated alkanes) is 1.